The van der Waals surface area contributed by atoms with Gasteiger partial charge in [-0.2, -0.15) is 0 Å². The van der Waals surface area contributed by atoms with Gasteiger partial charge in [0.2, 0.25) is 5.91 Å². The largest absolute Gasteiger partial charge is 0.491 e. The molecule has 0 aliphatic rings. The van der Waals surface area contributed by atoms with E-state index in [4.69, 9.17) is 4.74 Å². The van der Waals surface area contributed by atoms with Crippen LogP contribution in [0.2, 0.25) is 0 Å². The Morgan fingerprint density at radius 1 is 0.960 bits per heavy atom. The molecule has 3 aromatic rings. The molecular weight excluding hydrogens is 310 g/mol. The van der Waals surface area contributed by atoms with Crippen molar-refractivity contribution in [1.82, 2.24) is 5.32 Å². The van der Waals surface area contributed by atoms with Crippen LogP contribution in [0.3, 0.4) is 0 Å². The molecular formula is C22H23NO2. The molecule has 3 nitrogen and oxygen atoms in total. The monoisotopic (exact) mass is 333 g/mol. The first-order valence-electron chi connectivity index (χ1n) is 8.66. The zero-order valence-corrected chi connectivity index (χ0v) is 14.5. The molecule has 3 rings (SSSR count). The fourth-order valence-corrected chi connectivity index (χ4v) is 2.92. The van der Waals surface area contributed by atoms with E-state index in [1.165, 1.54) is 16.3 Å². The molecule has 0 aromatic heterocycles. The molecule has 0 aliphatic heterocycles. The van der Waals surface area contributed by atoms with Gasteiger partial charge in [0.15, 0.2) is 0 Å². The van der Waals surface area contributed by atoms with Crippen LogP contribution in [0.15, 0.2) is 66.7 Å². The van der Waals surface area contributed by atoms with E-state index in [9.17, 15) is 4.79 Å². The Morgan fingerprint density at radius 2 is 1.72 bits per heavy atom. The summed E-state index contributed by atoms with van der Waals surface area (Å²) in [6, 6.07) is 22.4. The Hall–Kier alpha value is -2.81. The number of nitrogens with one attached hydrogen (secondary N) is 1. The first kappa shape index (κ1) is 17.0. The number of aryl methyl sites for hydroxylation is 2. The molecule has 0 bridgehead atoms. The van der Waals surface area contributed by atoms with Crippen LogP contribution >= 0.6 is 0 Å². The van der Waals surface area contributed by atoms with E-state index in [0.717, 1.165) is 17.7 Å². The maximum atomic E-state index is 12.1. The van der Waals surface area contributed by atoms with Gasteiger partial charge in [-0.15, -0.1) is 0 Å². The molecule has 1 N–H and O–H groups in total. The Morgan fingerprint density at radius 3 is 2.60 bits per heavy atom. The molecule has 0 unspecified atom stereocenters. The topological polar surface area (TPSA) is 38.3 Å². The molecule has 0 aliphatic carbocycles. The summed E-state index contributed by atoms with van der Waals surface area (Å²) in [7, 11) is 0. The van der Waals surface area contributed by atoms with Crippen molar-refractivity contribution < 1.29 is 9.53 Å². The van der Waals surface area contributed by atoms with E-state index < -0.39 is 0 Å². The van der Waals surface area contributed by atoms with E-state index in [0.29, 0.717) is 19.6 Å². The zero-order chi connectivity index (χ0) is 17.5. The standard InChI is InChI=1S/C22H23NO2/c1-17-7-2-5-12-21(17)25-16-15-23-22(24)14-13-19-10-6-9-18-8-3-4-11-20(18)19/h2-12H,13-16H2,1H3,(H,23,24). The van der Waals surface area contributed by atoms with Crippen LogP contribution < -0.4 is 10.1 Å². The average molecular weight is 333 g/mol. The van der Waals surface area contributed by atoms with Crippen LogP contribution in [0.5, 0.6) is 5.75 Å². The predicted octanol–water partition coefficient (Wildman–Crippen LogP) is 4.28. The van der Waals surface area contributed by atoms with E-state index in [1.807, 2.05) is 49.4 Å². The minimum Gasteiger partial charge on any atom is -0.491 e. The predicted molar refractivity (Wildman–Crippen MR) is 102 cm³/mol. The third kappa shape index (κ3) is 4.60. The lowest BCUT2D eigenvalue weighted by molar-refractivity contribution is -0.121. The first-order chi connectivity index (χ1) is 12.2. The summed E-state index contributed by atoms with van der Waals surface area (Å²) in [6.07, 6.45) is 1.23. The molecule has 3 heteroatoms. The number of amides is 1. The van der Waals surface area contributed by atoms with Gasteiger partial charge in [-0.1, -0.05) is 60.7 Å². The summed E-state index contributed by atoms with van der Waals surface area (Å²) in [5.74, 6) is 0.925. The van der Waals surface area contributed by atoms with E-state index >= 15 is 0 Å². The SMILES string of the molecule is Cc1ccccc1OCCNC(=O)CCc1cccc2ccccc12. The van der Waals surface area contributed by atoms with Crippen molar-refractivity contribution in [3.8, 4) is 5.75 Å². The first-order valence-corrected chi connectivity index (χ1v) is 8.66. The second kappa shape index (κ2) is 8.34. The normalized spacial score (nSPS) is 10.6. The number of fused-ring (bicyclic) bond motifs is 1. The lowest BCUT2D eigenvalue weighted by atomic mass is 10.0. The van der Waals surface area contributed by atoms with Crippen LogP contribution in [0.25, 0.3) is 10.8 Å². The Balaban J connectivity index is 1.44. The molecule has 25 heavy (non-hydrogen) atoms. The number of para-hydroxylation sites is 1. The smallest absolute Gasteiger partial charge is 0.220 e. The molecule has 1 amide bonds. The van der Waals surface area contributed by atoms with Crippen LogP contribution in [0.1, 0.15) is 17.5 Å². The minimum atomic E-state index is 0.0568. The van der Waals surface area contributed by atoms with Crippen LogP contribution in [-0.4, -0.2) is 19.1 Å². The molecule has 0 atom stereocenters. The van der Waals surface area contributed by atoms with Gasteiger partial charge in [-0.25, -0.2) is 0 Å². The number of hydrogen-bond donors (Lipinski definition) is 1. The Labute approximate surface area is 148 Å². The number of ether oxygens (including phenoxy) is 1. The third-order valence-electron chi connectivity index (χ3n) is 4.28. The van der Waals surface area contributed by atoms with Gasteiger partial charge in [-0.05, 0) is 41.3 Å². The molecule has 0 saturated carbocycles. The highest BCUT2D eigenvalue weighted by molar-refractivity contribution is 5.86. The van der Waals surface area contributed by atoms with E-state index in [1.54, 1.807) is 0 Å². The number of rotatable bonds is 7. The van der Waals surface area contributed by atoms with Crippen molar-refractivity contribution in [2.75, 3.05) is 13.2 Å². The van der Waals surface area contributed by atoms with Gasteiger partial charge < -0.3 is 10.1 Å². The summed E-state index contributed by atoms with van der Waals surface area (Å²) < 4.78 is 5.69. The number of carbonyl (C=O) groups excluding carboxylic acids is 1. The second-order valence-corrected chi connectivity index (χ2v) is 6.10. The van der Waals surface area contributed by atoms with Gasteiger partial charge >= 0.3 is 0 Å². The summed E-state index contributed by atoms with van der Waals surface area (Å²) in [6.45, 7) is 3.01. The van der Waals surface area contributed by atoms with Crippen LogP contribution in [0, 0.1) is 6.92 Å². The zero-order valence-electron chi connectivity index (χ0n) is 14.5. The highest BCUT2D eigenvalue weighted by Crippen LogP contribution is 2.19. The highest BCUT2D eigenvalue weighted by atomic mass is 16.5. The van der Waals surface area contributed by atoms with Crippen molar-refractivity contribution in [3.05, 3.63) is 77.9 Å². The van der Waals surface area contributed by atoms with Crippen molar-refractivity contribution in [3.63, 3.8) is 0 Å². The molecule has 0 fully saturated rings. The fourth-order valence-electron chi connectivity index (χ4n) is 2.92. The number of hydrogen-bond acceptors (Lipinski definition) is 2. The molecule has 0 radical (unpaired) electrons. The highest BCUT2D eigenvalue weighted by Gasteiger charge is 2.05. The third-order valence-corrected chi connectivity index (χ3v) is 4.28. The molecule has 0 saturated heterocycles. The quantitative estimate of drug-likeness (QED) is 0.656. The molecule has 128 valence electrons. The van der Waals surface area contributed by atoms with Gasteiger partial charge in [-0.3, -0.25) is 4.79 Å². The Kier molecular flexibility index (Phi) is 5.68. The lowest BCUT2D eigenvalue weighted by Crippen LogP contribution is -2.28. The van der Waals surface area contributed by atoms with Crippen molar-refractivity contribution >= 4 is 16.7 Å². The van der Waals surface area contributed by atoms with Gasteiger partial charge in [0.1, 0.15) is 12.4 Å². The summed E-state index contributed by atoms with van der Waals surface area (Å²) in [5.41, 5.74) is 2.31. The number of carbonyl (C=O) groups is 1. The summed E-state index contributed by atoms with van der Waals surface area (Å²) in [4.78, 5) is 12.1. The lowest BCUT2D eigenvalue weighted by Gasteiger charge is -2.10. The van der Waals surface area contributed by atoms with Gasteiger partial charge in [0.05, 0.1) is 6.54 Å². The fraction of sp³-hybridized carbons (Fsp3) is 0.227. The average Bonchev–Trinajstić information content (AvgIpc) is 2.65. The maximum Gasteiger partial charge on any atom is 0.220 e. The number of benzene rings is 3. The van der Waals surface area contributed by atoms with E-state index in [-0.39, 0.29) is 5.91 Å². The van der Waals surface area contributed by atoms with Crippen LogP contribution in [-0.2, 0) is 11.2 Å². The molecule has 3 aromatic carbocycles. The second-order valence-electron chi connectivity index (χ2n) is 6.10. The summed E-state index contributed by atoms with van der Waals surface area (Å²) in [5, 5.41) is 5.36. The van der Waals surface area contributed by atoms with Crippen LogP contribution in [0.4, 0.5) is 0 Å². The molecule has 0 heterocycles. The van der Waals surface area contributed by atoms with E-state index in [2.05, 4.69) is 29.6 Å². The maximum absolute atomic E-state index is 12.1. The molecule has 0 spiro atoms. The van der Waals surface area contributed by atoms with Gasteiger partial charge in [0, 0.05) is 6.42 Å². The van der Waals surface area contributed by atoms with Crippen molar-refractivity contribution in [2.24, 2.45) is 0 Å². The van der Waals surface area contributed by atoms with Crippen molar-refractivity contribution in [1.29, 1.82) is 0 Å². The minimum absolute atomic E-state index is 0.0568. The Bertz CT molecular complexity index is 852. The van der Waals surface area contributed by atoms with Gasteiger partial charge in [0.25, 0.3) is 0 Å². The van der Waals surface area contributed by atoms with Crippen molar-refractivity contribution in [2.45, 2.75) is 19.8 Å². The summed E-state index contributed by atoms with van der Waals surface area (Å²) >= 11 is 0.